The average molecular weight is 364 g/mol. The Hall–Kier alpha value is -2.57. The summed E-state index contributed by atoms with van der Waals surface area (Å²) in [6, 6.07) is 11.7. The number of aromatic nitrogens is 2. The highest BCUT2D eigenvalue weighted by atomic mass is 35.5. The molecule has 0 aliphatic carbocycles. The molecule has 0 spiro atoms. The fraction of sp³-hybridized carbons (Fsp3) is 0.0625. The molecule has 0 unspecified atom stereocenters. The first-order valence-corrected chi connectivity index (χ1v) is 7.57. The second kappa shape index (κ2) is 6.90. The summed E-state index contributed by atoms with van der Waals surface area (Å²) in [6.45, 7) is 0. The zero-order valence-corrected chi connectivity index (χ0v) is 13.9. The standard InChI is InChI=1S/C16H11Cl2N3O3/c1-23-11-5-2-9(3-6-11)14-15(21-24-20-14)19-16(22)12-7-4-10(17)8-13(12)18/h2-8H,1H3,(H,19,21,22). The molecule has 8 heteroatoms. The van der Waals surface area contributed by atoms with E-state index in [-0.39, 0.29) is 16.4 Å². The summed E-state index contributed by atoms with van der Waals surface area (Å²) in [5, 5.41) is 10.9. The Morgan fingerprint density at radius 2 is 1.88 bits per heavy atom. The number of methoxy groups -OCH3 is 1. The van der Waals surface area contributed by atoms with Crippen LogP contribution in [0.1, 0.15) is 10.4 Å². The predicted molar refractivity (Wildman–Crippen MR) is 90.7 cm³/mol. The van der Waals surface area contributed by atoms with Crippen LogP contribution < -0.4 is 10.1 Å². The summed E-state index contributed by atoms with van der Waals surface area (Å²) in [5.41, 5.74) is 1.38. The highest BCUT2D eigenvalue weighted by molar-refractivity contribution is 6.37. The molecule has 0 aliphatic heterocycles. The lowest BCUT2D eigenvalue weighted by Crippen LogP contribution is -2.13. The van der Waals surface area contributed by atoms with Gasteiger partial charge >= 0.3 is 0 Å². The molecule has 0 bridgehead atoms. The van der Waals surface area contributed by atoms with Crippen LogP contribution in [0, 0.1) is 0 Å². The summed E-state index contributed by atoms with van der Waals surface area (Å²) in [4.78, 5) is 12.4. The van der Waals surface area contributed by atoms with Crippen LogP contribution in [0.4, 0.5) is 5.82 Å². The van der Waals surface area contributed by atoms with Crippen molar-refractivity contribution in [2.75, 3.05) is 12.4 Å². The van der Waals surface area contributed by atoms with Crippen molar-refractivity contribution in [3.63, 3.8) is 0 Å². The van der Waals surface area contributed by atoms with Crippen molar-refractivity contribution in [1.29, 1.82) is 0 Å². The number of ether oxygens (including phenoxy) is 1. The van der Waals surface area contributed by atoms with E-state index in [0.29, 0.717) is 16.5 Å². The Labute approximate surface area is 147 Å². The minimum absolute atomic E-state index is 0.191. The van der Waals surface area contributed by atoms with Gasteiger partial charge in [0.15, 0.2) is 5.69 Å². The van der Waals surface area contributed by atoms with Gasteiger partial charge in [-0.3, -0.25) is 4.79 Å². The number of hydrogen-bond donors (Lipinski definition) is 1. The van der Waals surface area contributed by atoms with E-state index in [1.54, 1.807) is 37.4 Å². The summed E-state index contributed by atoms with van der Waals surface area (Å²) >= 11 is 11.9. The van der Waals surface area contributed by atoms with E-state index in [0.717, 1.165) is 5.56 Å². The molecule has 0 saturated heterocycles. The number of nitrogens with zero attached hydrogens (tertiary/aromatic N) is 2. The zero-order valence-electron chi connectivity index (χ0n) is 12.4. The van der Waals surface area contributed by atoms with Crippen LogP contribution in [-0.4, -0.2) is 23.3 Å². The molecule has 2 aromatic carbocycles. The number of amides is 1. The second-order valence-corrected chi connectivity index (χ2v) is 5.61. The molecule has 0 fully saturated rings. The number of hydrogen-bond acceptors (Lipinski definition) is 5. The minimum Gasteiger partial charge on any atom is -0.497 e. The van der Waals surface area contributed by atoms with Crippen LogP contribution in [0.25, 0.3) is 11.3 Å². The van der Waals surface area contributed by atoms with Gasteiger partial charge in [0.1, 0.15) is 5.75 Å². The van der Waals surface area contributed by atoms with Gasteiger partial charge in [-0.15, -0.1) is 0 Å². The maximum absolute atomic E-state index is 12.4. The van der Waals surface area contributed by atoms with Gasteiger partial charge in [0.25, 0.3) is 5.91 Å². The highest BCUT2D eigenvalue weighted by Gasteiger charge is 2.18. The second-order valence-electron chi connectivity index (χ2n) is 4.77. The highest BCUT2D eigenvalue weighted by Crippen LogP contribution is 2.27. The molecule has 24 heavy (non-hydrogen) atoms. The van der Waals surface area contributed by atoms with Gasteiger partial charge in [0.2, 0.25) is 5.82 Å². The molecule has 0 saturated carbocycles. The Kier molecular flexibility index (Phi) is 4.69. The van der Waals surface area contributed by atoms with Gasteiger partial charge in [-0.2, -0.15) is 0 Å². The van der Waals surface area contributed by atoms with Crippen LogP contribution in [0.2, 0.25) is 10.0 Å². The molecule has 1 N–H and O–H groups in total. The Bertz CT molecular complexity index is 879. The lowest BCUT2D eigenvalue weighted by Gasteiger charge is -2.06. The average Bonchev–Trinajstić information content (AvgIpc) is 3.03. The maximum Gasteiger partial charge on any atom is 0.258 e. The van der Waals surface area contributed by atoms with Crippen LogP contribution in [0.5, 0.6) is 5.75 Å². The molecule has 0 aliphatic rings. The fourth-order valence-corrected chi connectivity index (χ4v) is 2.55. The van der Waals surface area contributed by atoms with Crippen molar-refractivity contribution in [3.8, 4) is 17.0 Å². The minimum atomic E-state index is -0.442. The van der Waals surface area contributed by atoms with Gasteiger partial charge < -0.3 is 10.1 Å². The predicted octanol–water partition coefficient (Wildman–Crippen LogP) is 4.30. The lowest BCUT2D eigenvalue weighted by molar-refractivity contribution is 0.102. The Morgan fingerprint density at radius 3 is 2.54 bits per heavy atom. The molecule has 1 aromatic heterocycles. The van der Waals surface area contributed by atoms with Crippen molar-refractivity contribution >= 4 is 34.9 Å². The van der Waals surface area contributed by atoms with Crippen LogP contribution in [0.3, 0.4) is 0 Å². The van der Waals surface area contributed by atoms with Gasteiger partial charge in [0.05, 0.1) is 17.7 Å². The van der Waals surface area contributed by atoms with E-state index in [1.807, 2.05) is 0 Å². The first-order chi connectivity index (χ1) is 11.6. The molecule has 1 amide bonds. The Balaban J connectivity index is 1.86. The third-order valence-corrected chi connectivity index (χ3v) is 3.81. The molecular weight excluding hydrogens is 353 g/mol. The van der Waals surface area contributed by atoms with Gasteiger partial charge in [-0.1, -0.05) is 23.2 Å². The van der Waals surface area contributed by atoms with Crippen molar-refractivity contribution < 1.29 is 14.2 Å². The largest absolute Gasteiger partial charge is 0.497 e. The summed E-state index contributed by atoms with van der Waals surface area (Å²) in [6.07, 6.45) is 0. The fourth-order valence-electron chi connectivity index (χ4n) is 2.06. The molecule has 0 radical (unpaired) electrons. The zero-order chi connectivity index (χ0) is 17.1. The van der Waals surface area contributed by atoms with E-state index < -0.39 is 5.91 Å². The first kappa shape index (κ1) is 16.3. The Morgan fingerprint density at radius 1 is 1.12 bits per heavy atom. The van der Waals surface area contributed by atoms with E-state index in [1.165, 1.54) is 12.1 Å². The number of carbonyl (C=O) groups is 1. The van der Waals surface area contributed by atoms with Crippen molar-refractivity contribution in [1.82, 2.24) is 10.3 Å². The smallest absolute Gasteiger partial charge is 0.258 e. The van der Waals surface area contributed by atoms with Gasteiger partial charge in [-0.05, 0) is 52.8 Å². The quantitative estimate of drug-likeness (QED) is 0.747. The van der Waals surface area contributed by atoms with Crippen molar-refractivity contribution in [2.24, 2.45) is 0 Å². The number of benzene rings is 2. The third kappa shape index (κ3) is 3.34. The number of rotatable bonds is 4. The molecule has 1 heterocycles. The van der Waals surface area contributed by atoms with Gasteiger partial charge in [-0.25, -0.2) is 4.63 Å². The first-order valence-electron chi connectivity index (χ1n) is 6.82. The van der Waals surface area contributed by atoms with Crippen molar-refractivity contribution in [3.05, 3.63) is 58.1 Å². The molecule has 6 nitrogen and oxygen atoms in total. The van der Waals surface area contributed by atoms with E-state index in [9.17, 15) is 4.79 Å². The molecular formula is C16H11Cl2N3O3. The SMILES string of the molecule is COc1ccc(-c2nonc2NC(=O)c2ccc(Cl)cc2Cl)cc1. The van der Waals surface area contributed by atoms with Crippen LogP contribution in [0.15, 0.2) is 47.1 Å². The number of anilines is 1. The molecule has 3 aromatic rings. The molecule has 3 rings (SSSR count). The monoisotopic (exact) mass is 363 g/mol. The third-order valence-electron chi connectivity index (χ3n) is 3.26. The van der Waals surface area contributed by atoms with Crippen LogP contribution >= 0.6 is 23.2 Å². The molecule has 0 atom stereocenters. The van der Waals surface area contributed by atoms with Crippen molar-refractivity contribution in [2.45, 2.75) is 0 Å². The maximum atomic E-state index is 12.4. The number of nitrogens with one attached hydrogen (secondary N) is 1. The lowest BCUT2D eigenvalue weighted by atomic mass is 10.1. The summed E-state index contributed by atoms with van der Waals surface area (Å²) < 4.78 is 9.85. The van der Waals surface area contributed by atoms with Crippen LogP contribution in [-0.2, 0) is 0 Å². The summed E-state index contributed by atoms with van der Waals surface area (Å²) in [5.74, 6) is 0.451. The van der Waals surface area contributed by atoms with E-state index in [2.05, 4.69) is 15.6 Å². The molecule has 122 valence electrons. The van der Waals surface area contributed by atoms with E-state index >= 15 is 0 Å². The topological polar surface area (TPSA) is 77.2 Å². The van der Waals surface area contributed by atoms with E-state index in [4.69, 9.17) is 32.6 Å². The normalized spacial score (nSPS) is 10.5. The number of halogens is 2. The summed E-state index contributed by atoms with van der Waals surface area (Å²) in [7, 11) is 1.58. The number of carbonyl (C=O) groups excluding carboxylic acids is 1. The van der Waals surface area contributed by atoms with Gasteiger partial charge in [0, 0.05) is 10.6 Å².